The van der Waals surface area contributed by atoms with Crippen LogP contribution in [0.15, 0.2) is 6.20 Å². The molecule has 0 spiro atoms. The van der Waals surface area contributed by atoms with E-state index >= 15 is 0 Å². The Labute approximate surface area is 87.0 Å². The molecule has 0 fully saturated rings. The molecule has 78 valence electrons. The molecule has 0 aliphatic carbocycles. The molecule has 2 N–H and O–H groups in total. The van der Waals surface area contributed by atoms with Crippen molar-refractivity contribution in [3.63, 3.8) is 0 Å². The Morgan fingerprint density at radius 3 is 2.79 bits per heavy atom. The van der Waals surface area contributed by atoms with E-state index in [1.54, 1.807) is 6.20 Å². The molecule has 1 aromatic rings. The summed E-state index contributed by atoms with van der Waals surface area (Å²) in [5, 5.41) is 12.5. The van der Waals surface area contributed by atoms with Gasteiger partial charge in [0.1, 0.15) is 0 Å². The van der Waals surface area contributed by atoms with Crippen molar-refractivity contribution in [2.75, 3.05) is 5.32 Å². The SMILES string of the molecule is CC(C)(C)Nc1ncc(CC(=O)O)s1. The number of hydrogen-bond donors (Lipinski definition) is 2. The van der Waals surface area contributed by atoms with Crippen molar-refractivity contribution >= 4 is 22.4 Å². The first kappa shape index (κ1) is 11.0. The number of aliphatic carboxylic acids is 1. The molecule has 0 aliphatic rings. The van der Waals surface area contributed by atoms with E-state index in [1.807, 2.05) is 20.8 Å². The lowest BCUT2D eigenvalue weighted by Crippen LogP contribution is -2.25. The highest BCUT2D eigenvalue weighted by molar-refractivity contribution is 7.15. The van der Waals surface area contributed by atoms with Gasteiger partial charge in [0, 0.05) is 16.6 Å². The van der Waals surface area contributed by atoms with E-state index in [0.717, 1.165) is 10.0 Å². The van der Waals surface area contributed by atoms with Crippen molar-refractivity contribution in [3.05, 3.63) is 11.1 Å². The van der Waals surface area contributed by atoms with Crippen molar-refractivity contribution in [2.24, 2.45) is 0 Å². The Kier molecular flexibility index (Phi) is 3.10. The summed E-state index contributed by atoms with van der Waals surface area (Å²) >= 11 is 1.39. The number of anilines is 1. The molecule has 0 unspecified atom stereocenters. The molecule has 0 radical (unpaired) electrons. The highest BCUT2D eigenvalue weighted by Crippen LogP contribution is 2.21. The number of carboxylic acid groups (broad SMARTS) is 1. The van der Waals surface area contributed by atoms with Gasteiger partial charge in [0.2, 0.25) is 0 Å². The lowest BCUT2D eigenvalue weighted by Gasteiger charge is -2.19. The zero-order chi connectivity index (χ0) is 10.8. The fourth-order valence-corrected chi connectivity index (χ4v) is 1.93. The topological polar surface area (TPSA) is 62.2 Å². The number of hydrogen-bond acceptors (Lipinski definition) is 4. The van der Waals surface area contributed by atoms with Gasteiger partial charge in [-0.2, -0.15) is 0 Å². The van der Waals surface area contributed by atoms with Crippen LogP contribution in [0.1, 0.15) is 25.6 Å². The summed E-state index contributed by atoms with van der Waals surface area (Å²) in [6.45, 7) is 6.10. The summed E-state index contributed by atoms with van der Waals surface area (Å²) in [7, 11) is 0. The molecule has 1 rings (SSSR count). The van der Waals surface area contributed by atoms with Crippen LogP contribution in [-0.2, 0) is 11.2 Å². The van der Waals surface area contributed by atoms with E-state index in [1.165, 1.54) is 11.3 Å². The number of nitrogens with one attached hydrogen (secondary N) is 1. The summed E-state index contributed by atoms with van der Waals surface area (Å²) in [5.41, 5.74) is -0.0433. The summed E-state index contributed by atoms with van der Waals surface area (Å²) in [6, 6.07) is 0. The molecule has 0 saturated heterocycles. The summed E-state index contributed by atoms with van der Waals surface area (Å²) in [4.78, 5) is 15.3. The molecule has 0 atom stereocenters. The third kappa shape index (κ3) is 3.74. The third-order valence-electron chi connectivity index (χ3n) is 1.36. The van der Waals surface area contributed by atoms with E-state index in [9.17, 15) is 4.79 Å². The molecule has 1 heterocycles. The number of thiazole rings is 1. The van der Waals surface area contributed by atoms with Gasteiger partial charge < -0.3 is 10.4 Å². The van der Waals surface area contributed by atoms with E-state index in [2.05, 4.69) is 10.3 Å². The van der Waals surface area contributed by atoms with Crippen molar-refractivity contribution < 1.29 is 9.90 Å². The second-order valence-electron chi connectivity index (χ2n) is 4.08. The fraction of sp³-hybridized carbons (Fsp3) is 0.556. The number of nitrogens with zero attached hydrogens (tertiary/aromatic N) is 1. The van der Waals surface area contributed by atoms with E-state index in [-0.39, 0.29) is 12.0 Å². The normalized spacial score (nSPS) is 11.4. The standard InChI is InChI=1S/C9H14N2O2S/c1-9(2,3)11-8-10-5-6(14-8)4-7(12)13/h5H,4H2,1-3H3,(H,10,11)(H,12,13). The zero-order valence-electron chi connectivity index (χ0n) is 8.50. The first-order valence-electron chi connectivity index (χ1n) is 4.31. The molecule has 0 amide bonds. The highest BCUT2D eigenvalue weighted by Gasteiger charge is 2.12. The quantitative estimate of drug-likeness (QED) is 0.807. The number of rotatable bonds is 3. The van der Waals surface area contributed by atoms with Gasteiger partial charge in [0.05, 0.1) is 6.42 Å². The average Bonchev–Trinajstić information content (AvgIpc) is 2.30. The predicted molar refractivity (Wildman–Crippen MR) is 56.8 cm³/mol. The van der Waals surface area contributed by atoms with Gasteiger partial charge in [-0.05, 0) is 20.8 Å². The molecule has 14 heavy (non-hydrogen) atoms. The maximum atomic E-state index is 10.4. The minimum atomic E-state index is -0.823. The maximum absolute atomic E-state index is 10.4. The average molecular weight is 214 g/mol. The first-order chi connectivity index (χ1) is 6.37. The molecule has 0 bridgehead atoms. The number of carboxylic acids is 1. The van der Waals surface area contributed by atoms with Crippen LogP contribution in [0.5, 0.6) is 0 Å². The smallest absolute Gasteiger partial charge is 0.308 e. The second kappa shape index (κ2) is 3.96. The van der Waals surface area contributed by atoms with Crippen molar-refractivity contribution in [1.82, 2.24) is 4.98 Å². The van der Waals surface area contributed by atoms with Gasteiger partial charge in [0.25, 0.3) is 0 Å². The van der Waals surface area contributed by atoms with Crippen LogP contribution in [0.25, 0.3) is 0 Å². The first-order valence-corrected chi connectivity index (χ1v) is 5.13. The Morgan fingerprint density at radius 1 is 1.64 bits per heavy atom. The van der Waals surface area contributed by atoms with Gasteiger partial charge in [-0.3, -0.25) is 4.79 Å². The largest absolute Gasteiger partial charge is 0.481 e. The summed E-state index contributed by atoms with van der Waals surface area (Å²) in [6.07, 6.45) is 1.65. The second-order valence-corrected chi connectivity index (χ2v) is 5.19. The van der Waals surface area contributed by atoms with Crippen LogP contribution in [-0.4, -0.2) is 21.6 Å². The fourth-order valence-electron chi connectivity index (χ4n) is 0.917. The molecule has 5 heteroatoms. The monoisotopic (exact) mass is 214 g/mol. The van der Waals surface area contributed by atoms with E-state index in [0.29, 0.717) is 0 Å². The highest BCUT2D eigenvalue weighted by atomic mass is 32.1. The molecule has 0 aromatic carbocycles. The van der Waals surface area contributed by atoms with Crippen LogP contribution in [0, 0.1) is 0 Å². The van der Waals surface area contributed by atoms with Gasteiger partial charge >= 0.3 is 5.97 Å². The summed E-state index contributed by atoms with van der Waals surface area (Å²) < 4.78 is 0. The van der Waals surface area contributed by atoms with E-state index < -0.39 is 5.97 Å². The predicted octanol–water partition coefficient (Wildman–Crippen LogP) is 1.98. The minimum Gasteiger partial charge on any atom is -0.481 e. The number of carbonyl (C=O) groups is 1. The Morgan fingerprint density at radius 2 is 2.29 bits per heavy atom. The zero-order valence-corrected chi connectivity index (χ0v) is 9.31. The molecule has 0 aliphatic heterocycles. The Balaban J connectivity index is 2.64. The number of aromatic nitrogens is 1. The molecular formula is C9H14N2O2S. The van der Waals surface area contributed by atoms with Crippen LogP contribution >= 0.6 is 11.3 Å². The van der Waals surface area contributed by atoms with Gasteiger partial charge in [-0.25, -0.2) is 4.98 Å². The van der Waals surface area contributed by atoms with Crippen LogP contribution in [0.4, 0.5) is 5.13 Å². The third-order valence-corrected chi connectivity index (χ3v) is 2.27. The van der Waals surface area contributed by atoms with Crippen LogP contribution in [0.2, 0.25) is 0 Å². The molecule has 4 nitrogen and oxygen atoms in total. The molecule has 1 aromatic heterocycles. The van der Waals surface area contributed by atoms with Crippen molar-refractivity contribution in [1.29, 1.82) is 0 Å². The van der Waals surface area contributed by atoms with Crippen molar-refractivity contribution in [3.8, 4) is 0 Å². The minimum absolute atomic E-state index is 0.0433. The van der Waals surface area contributed by atoms with Crippen molar-refractivity contribution in [2.45, 2.75) is 32.7 Å². The molecule has 0 saturated carbocycles. The van der Waals surface area contributed by atoms with Gasteiger partial charge in [-0.15, -0.1) is 11.3 Å². The van der Waals surface area contributed by atoms with Gasteiger partial charge in [0.15, 0.2) is 5.13 Å². The Hall–Kier alpha value is -1.10. The lowest BCUT2D eigenvalue weighted by atomic mass is 10.1. The van der Waals surface area contributed by atoms with E-state index in [4.69, 9.17) is 5.11 Å². The van der Waals surface area contributed by atoms with Gasteiger partial charge in [-0.1, -0.05) is 0 Å². The Bertz CT molecular complexity index is 328. The maximum Gasteiger partial charge on any atom is 0.308 e. The van der Waals surface area contributed by atoms with Crippen LogP contribution < -0.4 is 5.32 Å². The lowest BCUT2D eigenvalue weighted by molar-refractivity contribution is -0.136. The summed E-state index contributed by atoms with van der Waals surface area (Å²) in [5.74, 6) is -0.823. The van der Waals surface area contributed by atoms with Crippen LogP contribution in [0.3, 0.4) is 0 Å². The molecular weight excluding hydrogens is 200 g/mol.